The van der Waals surface area contributed by atoms with E-state index in [2.05, 4.69) is 15.6 Å². The van der Waals surface area contributed by atoms with E-state index in [0.717, 1.165) is 0 Å². The van der Waals surface area contributed by atoms with Crippen molar-refractivity contribution in [3.05, 3.63) is 57.6 Å². The molecule has 0 unspecified atom stereocenters. The number of hydrogen-bond donors (Lipinski definition) is 2. The van der Waals surface area contributed by atoms with Crippen LogP contribution in [-0.2, 0) is 18.9 Å². The van der Waals surface area contributed by atoms with Crippen LogP contribution in [0.2, 0.25) is 0 Å². The highest BCUT2D eigenvalue weighted by molar-refractivity contribution is 7.80. The number of alkyl halides is 6. The zero-order valence-corrected chi connectivity index (χ0v) is 19.9. The third kappa shape index (κ3) is 5.98. The minimum atomic E-state index is -4.98. The zero-order chi connectivity index (χ0) is 26.8. The Labute approximate surface area is 206 Å². The Morgan fingerprint density at radius 3 is 2.06 bits per heavy atom. The standard InChI is InChI=1S/C22H20F6N4O3S/c1-11-30-16-10-18(35-3)17(34-2)9-15(16)19(33)32(11)5-4-29-20(36)31-14-7-12(21(23,24)25)6-13(8-14)22(26,27)28/h6-10H,4-5H2,1-3H3,(H2,29,31,36). The van der Waals surface area contributed by atoms with Crippen molar-refractivity contribution in [2.45, 2.75) is 25.8 Å². The summed E-state index contributed by atoms with van der Waals surface area (Å²) in [6, 6.07) is 4.12. The lowest BCUT2D eigenvalue weighted by atomic mass is 10.1. The minimum absolute atomic E-state index is 0.0220. The molecule has 36 heavy (non-hydrogen) atoms. The first-order valence-corrected chi connectivity index (χ1v) is 10.6. The Hall–Kier alpha value is -3.55. The van der Waals surface area contributed by atoms with E-state index in [-0.39, 0.29) is 35.2 Å². The summed E-state index contributed by atoms with van der Waals surface area (Å²) in [5.74, 6) is 1.10. The second-order valence-corrected chi connectivity index (χ2v) is 7.92. The summed E-state index contributed by atoms with van der Waals surface area (Å²) in [4.78, 5) is 17.4. The van der Waals surface area contributed by atoms with Gasteiger partial charge in [0.2, 0.25) is 0 Å². The summed E-state index contributed by atoms with van der Waals surface area (Å²) < 4.78 is 90.0. The van der Waals surface area contributed by atoms with Crippen LogP contribution in [0.1, 0.15) is 17.0 Å². The molecule has 3 rings (SSSR count). The number of anilines is 1. The fourth-order valence-electron chi connectivity index (χ4n) is 3.41. The number of ether oxygens (including phenoxy) is 2. The first kappa shape index (κ1) is 27.0. The van der Waals surface area contributed by atoms with Gasteiger partial charge >= 0.3 is 12.4 Å². The number of nitrogens with zero attached hydrogens (tertiary/aromatic N) is 2. The van der Waals surface area contributed by atoms with Crippen LogP contribution in [0.25, 0.3) is 10.9 Å². The highest BCUT2D eigenvalue weighted by Crippen LogP contribution is 2.37. The van der Waals surface area contributed by atoms with Gasteiger partial charge in [0.25, 0.3) is 5.56 Å². The third-order valence-electron chi connectivity index (χ3n) is 5.12. The quantitative estimate of drug-likeness (QED) is 0.349. The van der Waals surface area contributed by atoms with E-state index in [1.54, 1.807) is 13.0 Å². The molecule has 0 saturated heterocycles. The first-order chi connectivity index (χ1) is 16.7. The normalized spacial score (nSPS) is 11.9. The molecule has 7 nitrogen and oxygen atoms in total. The molecule has 14 heteroatoms. The van der Waals surface area contributed by atoms with Gasteiger partial charge in [-0.2, -0.15) is 26.3 Å². The smallest absolute Gasteiger partial charge is 0.416 e. The lowest BCUT2D eigenvalue weighted by molar-refractivity contribution is -0.143. The molecule has 1 heterocycles. The average Bonchev–Trinajstić information content (AvgIpc) is 2.79. The zero-order valence-electron chi connectivity index (χ0n) is 19.1. The number of thiocarbonyl (C=S) groups is 1. The molecule has 0 aliphatic heterocycles. The lowest BCUT2D eigenvalue weighted by Gasteiger charge is -2.17. The molecule has 0 atom stereocenters. The molecule has 0 amide bonds. The molecule has 2 N–H and O–H groups in total. The van der Waals surface area contributed by atoms with Gasteiger partial charge in [-0.25, -0.2) is 4.98 Å². The maximum atomic E-state index is 13.0. The van der Waals surface area contributed by atoms with Crippen molar-refractivity contribution in [2.75, 3.05) is 26.1 Å². The topological polar surface area (TPSA) is 77.4 Å². The second kappa shape index (κ2) is 10.2. The van der Waals surface area contributed by atoms with Gasteiger partial charge in [-0.3, -0.25) is 9.36 Å². The van der Waals surface area contributed by atoms with Crippen molar-refractivity contribution >= 4 is 33.9 Å². The summed E-state index contributed by atoms with van der Waals surface area (Å²) in [6.07, 6.45) is -9.97. The summed E-state index contributed by atoms with van der Waals surface area (Å²) in [7, 11) is 2.87. The van der Waals surface area contributed by atoms with Crippen LogP contribution in [-0.4, -0.2) is 35.4 Å². The fourth-order valence-corrected chi connectivity index (χ4v) is 3.63. The average molecular weight is 534 g/mol. The maximum Gasteiger partial charge on any atom is 0.416 e. The van der Waals surface area contributed by atoms with Crippen LogP contribution < -0.4 is 25.7 Å². The Kier molecular flexibility index (Phi) is 7.67. The number of hydrogen-bond acceptors (Lipinski definition) is 5. The third-order valence-corrected chi connectivity index (χ3v) is 5.36. The molecule has 0 fully saturated rings. The van der Waals surface area contributed by atoms with Gasteiger partial charge in [0, 0.05) is 24.8 Å². The number of aryl methyl sites for hydroxylation is 1. The van der Waals surface area contributed by atoms with Crippen molar-refractivity contribution in [2.24, 2.45) is 0 Å². The summed E-state index contributed by atoms with van der Waals surface area (Å²) in [5.41, 5.74) is -3.43. The number of methoxy groups -OCH3 is 2. The van der Waals surface area contributed by atoms with Crippen molar-refractivity contribution in [3.8, 4) is 11.5 Å². The highest BCUT2D eigenvalue weighted by Gasteiger charge is 2.37. The minimum Gasteiger partial charge on any atom is -0.493 e. The maximum absolute atomic E-state index is 13.0. The van der Waals surface area contributed by atoms with Gasteiger partial charge in [-0.15, -0.1) is 0 Å². The van der Waals surface area contributed by atoms with Gasteiger partial charge in [0.1, 0.15) is 5.82 Å². The van der Waals surface area contributed by atoms with Crippen molar-refractivity contribution in [3.63, 3.8) is 0 Å². The number of rotatable bonds is 6. The van der Waals surface area contributed by atoms with Crippen LogP contribution in [0.3, 0.4) is 0 Å². The van der Waals surface area contributed by atoms with E-state index in [4.69, 9.17) is 21.7 Å². The van der Waals surface area contributed by atoms with E-state index in [1.165, 1.54) is 24.9 Å². The summed E-state index contributed by atoms with van der Waals surface area (Å²) in [5, 5.41) is 5.03. The molecule has 0 spiro atoms. The number of nitrogens with one attached hydrogen (secondary N) is 2. The molecule has 1 aromatic heterocycles. The molecule has 0 saturated carbocycles. The monoisotopic (exact) mass is 534 g/mol. The summed E-state index contributed by atoms with van der Waals surface area (Å²) in [6.45, 7) is 1.69. The molecule has 0 aliphatic rings. The Morgan fingerprint density at radius 2 is 1.53 bits per heavy atom. The SMILES string of the molecule is COc1cc2nc(C)n(CCNC(=S)Nc3cc(C(F)(F)F)cc(C(F)(F)F)c3)c(=O)c2cc1OC. The van der Waals surface area contributed by atoms with Crippen molar-refractivity contribution in [1.82, 2.24) is 14.9 Å². The van der Waals surface area contributed by atoms with Gasteiger partial charge in [0.05, 0.1) is 36.2 Å². The predicted molar refractivity (Wildman–Crippen MR) is 125 cm³/mol. The number of benzene rings is 2. The van der Waals surface area contributed by atoms with E-state index in [0.29, 0.717) is 35.0 Å². The van der Waals surface area contributed by atoms with Crippen LogP contribution >= 0.6 is 12.2 Å². The van der Waals surface area contributed by atoms with Crippen molar-refractivity contribution < 1.29 is 35.8 Å². The van der Waals surface area contributed by atoms with E-state index >= 15 is 0 Å². The molecule has 0 bridgehead atoms. The van der Waals surface area contributed by atoms with Gasteiger partial charge in [0.15, 0.2) is 16.6 Å². The van der Waals surface area contributed by atoms with Crippen LogP contribution in [0.15, 0.2) is 35.1 Å². The fraction of sp³-hybridized carbons (Fsp3) is 0.318. The van der Waals surface area contributed by atoms with E-state index in [9.17, 15) is 31.1 Å². The summed E-state index contributed by atoms with van der Waals surface area (Å²) >= 11 is 5.01. The van der Waals surface area contributed by atoms with Gasteiger partial charge < -0.3 is 20.1 Å². The lowest BCUT2D eigenvalue weighted by Crippen LogP contribution is -2.34. The molecular formula is C22H20F6N4O3S. The number of halogens is 6. The van der Waals surface area contributed by atoms with Gasteiger partial charge in [-0.1, -0.05) is 0 Å². The number of aromatic nitrogens is 2. The number of fused-ring (bicyclic) bond motifs is 1. The predicted octanol–water partition coefficient (Wildman–Crippen LogP) is 4.75. The molecule has 0 radical (unpaired) electrons. The Bertz CT molecular complexity index is 1320. The molecule has 194 valence electrons. The van der Waals surface area contributed by atoms with Crippen LogP contribution in [0.5, 0.6) is 11.5 Å². The van der Waals surface area contributed by atoms with Crippen molar-refractivity contribution in [1.29, 1.82) is 0 Å². The van der Waals surface area contributed by atoms with Gasteiger partial charge in [-0.05, 0) is 43.4 Å². The molecular weight excluding hydrogens is 514 g/mol. The van der Waals surface area contributed by atoms with Crippen LogP contribution in [0, 0.1) is 6.92 Å². The van der Waals surface area contributed by atoms with E-state index < -0.39 is 29.2 Å². The first-order valence-electron chi connectivity index (χ1n) is 10.2. The van der Waals surface area contributed by atoms with E-state index in [1.807, 2.05) is 0 Å². The second-order valence-electron chi connectivity index (χ2n) is 7.52. The largest absolute Gasteiger partial charge is 0.493 e. The Morgan fingerprint density at radius 1 is 0.972 bits per heavy atom. The molecule has 3 aromatic rings. The van der Waals surface area contributed by atoms with Crippen LogP contribution in [0.4, 0.5) is 32.0 Å². The highest BCUT2D eigenvalue weighted by atomic mass is 32.1. The Balaban J connectivity index is 1.76. The molecule has 0 aliphatic carbocycles. The molecule has 2 aromatic carbocycles.